The molecule has 0 radical (unpaired) electrons. The van der Waals surface area contributed by atoms with Gasteiger partial charge < -0.3 is 9.30 Å². The molecule has 0 unspecified atom stereocenters. The number of halogens is 3. The van der Waals surface area contributed by atoms with Crippen LogP contribution in [0.5, 0.6) is 0 Å². The summed E-state index contributed by atoms with van der Waals surface area (Å²) >= 11 is 0. The van der Waals surface area contributed by atoms with Crippen LogP contribution in [0.2, 0.25) is 0 Å². The first-order chi connectivity index (χ1) is 10.6. The molecule has 1 saturated heterocycles. The van der Waals surface area contributed by atoms with Crippen molar-refractivity contribution in [2.45, 2.75) is 44.2 Å². The van der Waals surface area contributed by atoms with Crippen LogP contribution in [0.3, 0.4) is 0 Å². The molecule has 23 heavy (non-hydrogen) atoms. The zero-order valence-corrected chi connectivity index (χ0v) is 13.2. The standard InChI is InChI=1S/C13H16F3NO5S/c1-3-10-8(2)11(22-23(19,20)13(14,15)16)12(21-10)17-6-4-9(18)5-7-17/h4-8,10-12H,3H2,1-2H3/t8-,10-,11-,12-/m1/s1. The van der Waals surface area contributed by atoms with Gasteiger partial charge in [0.25, 0.3) is 0 Å². The highest BCUT2D eigenvalue weighted by atomic mass is 32.2. The SMILES string of the molecule is CC[C@H]1O[C@@H](n2ccc(=O)cc2)[C@H](OS(=O)(=O)C(F)(F)F)[C@@H]1C. The lowest BCUT2D eigenvalue weighted by Crippen LogP contribution is -2.36. The van der Waals surface area contributed by atoms with Crippen LogP contribution < -0.4 is 5.43 Å². The normalized spacial score (nSPS) is 28.9. The number of ether oxygens (including phenoxy) is 1. The summed E-state index contributed by atoms with van der Waals surface area (Å²) in [6.45, 7) is 3.33. The van der Waals surface area contributed by atoms with Crippen molar-refractivity contribution >= 4 is 10.1 Å². The zero-order chi connectivity index (χ0) is 17.4. The number of hydrogen-bond acceptors (Lipinski definition) is 5. The zero-order valence-electron chi connectivity index (χ0n) is 12.4. The van der Waals surface area contributed by atoms with Crippen LogP contribution in [0, 0.1) is 5.92 Å². The molecular formula is C13H16F3NO5S. The Balaban J connectivity index is 2.36. The maximum absolute atomic E-state index is 12.6. The van der Waals surface area contributed by atoms with Crippen molar-refractivity contribution in [2.75, 3.05) is 0 Å². The number of alkyl halides is 3. The quantitative estimate of drug-likeness (QED) is 0.610. The van der Waals surface area contributed by atoms with Crippen molar-refractivity contribution in [3.8, 4) is 0 Å². The summed E-state index contributed by atoms with van der Waals surface area (Å²) in [4.78, 5) is 11.1. The highest BCUT2D eigenvalue weighted by Gasteiger charge is 2.53. The van der Waals surface area contributed by atoms with E-state index in [0.29, 0.717) is 6.42 Å². The number of nitrogens with zero attached hydrogens (tertiary/aromatic N) is 1. The summed E-state index contributed by atoms with van der Waals surface area (Å²) in [7, 11) is -5.75. The van der Waals surface area contributed by atoms with E-state index >= 15 is 0 Å². The summed E-state index contributed by atoms with van der Waals surface area (Å²) in [5.41, 5.74) is -5.80. The van der Waals surface area contributed by atoms with E-state index in [1.807, 2.05) is 0 Å². The van der Waals surface area contributed by atoms with E-state index in [1.54, 1.807) is 13.8 Å². The molecular weight excluding hydrogens is 339 g/mol. The fourth-order valence-electron chi connectivity index (χ4n) is 2.49. The Morgan fingerprint density at radius 1 is 1.30 bits per heavy atom. The second kappa shape index (κ2) is 6.25. The third kappa shape index (κ3) is 3.59. The van der Waals surface area contributed by atoms with Crippen LogP contribution in [0.4, 0.5) is 13.2 Å². The fraction of sp³-hybridized carbons (Fsp3) is 0.615. The van der Waals surface area contributed by atoms with E-state index in [-0.39, 0.29) is 5.43 Å². The molecule has 0 bridgehead atoms. The molecule has 0 N–H and O–H groups in total. The molecule has 4 atom stereocenters. The first-order valence-corrected chi connectivity index (χ1v) is 8.30. The average Bonchev–Trinajstić information content (AvgIpc) is 2.75. The van der Waals surface area contributed by atoms with Gasteiger partial charge in [0.1, 0.15) is 6.10 Å². The highest BCUT2D eigenvalue weighted by molar-refractivity contribution is 7.87. The number of aromatic nitrogens is 1. The Kier molecular flexibility index (Phi) is 4.88. The molecule has 1 aromatic rings. The molecule has 2 heterocycles. The molecule has 6 nitrogen and oxygen atoms in total. The molecule has 1 aliphatic heterocycles. The van der Waals surface area contributed by atoms with Crippen LogP contribution in [0.15, 0.2) is 29.3 Å². The smallest absolute Gasteiger partial charge is 0.352 e. The van der Waals surface area contributed by atoms with Crippen molar-refractivity contribution in [1.82, 2.24) is 4.57 Å². The van der Waals surface area contributed by atoms with Crippen molar-refractivity contribution in [2.24, 2.45) is 5.92 Å². The van der Waals surface area contributed by atoms with Gasteiger partial charge in [0.2, 0.25) is 0 Å². The van der Waals surface area contributed by atoms with Crippen LogP contribution in [0.1, 0.15) is 26.5 Å². The third-order valence-corrected chi connectivity index (χ3v) is 4.78. The van der Waals surface area contributed by atoms with Gasteiger partial charge >= 0.3 is 15.6 Å². The fourth-order valence-corrected chi connectivity index (χ4v) is 3.16. The first kappa shape index (κ1) is 18.0. The van der Waals surface area contributed by atoms with Crippen molar-refractivity contribution in [3.05, 3.63) is 34.7 Å². The Labute approximate surface area is 130 Å². The summed E-state index contributed by atoms with van der Waals surface area (Å²) in [5.74, 6) is -0.582. The molecule has 2 rings (SSSR count). The Bertz CT molecular complexity index is 695. The van der Waals surface area contributed by atoms with Gasteiger partial charge in [0.15, 0.2) is 11.7 Å². The van der Waals surface area contributed by atoms with E-state index in [0.717, 1.165) is 0 Å². The summed E-state index contributed by atoms with van der Waals surface area (Å²) in [6, 6.07) is 2.39. The van der Waals surface area contributed by atoms with Crippen LogP contribution in [-0.4, -0.2) is 30.7 Å². The largest absolute Gasteiger partial charge is 0.523 e. The topological polar surface area (TPSA) is 74.6 Å². The van der Waals surface area contributed by atoms with Gasteiger partial charge in [-0.2, -0.15) is 21.6 Å². The second-order valence-corrected chi connectivity index (χ2v) is 6.84. The predicted octanol–water partition coefficient (Wildman–Crippen LogP) is 2.03. The molecule has 0 aromatic carbocycles. The van der Waals surface area contributed by atoms with E-state index in [1.165, 1.54) is 29.1 Å². The Morgan fingerprint density at radius 2 is 1.87 bits per heavy atom. The van der Waals surface area contributed by atoms with E-state index in [2.05, 4.69) is 4.18 Å². The van der Waals surface area contributed by atoms with Crippen molar-refractivity contribution < 1.29 is 30.5 Å². The summed E-state index contributed by atoms with van der Waals surface area (Å²) in [6.07, 6.45) is 0.210. The monoisotopic (exact) mass is 355 g/mol. The lowest BCUT2D eigenvalue weighted by Gasteiger charge is -2.23. The molecule has 0 amide bonds. The van der Waals surface area contributed by atoms with Crippen molar-refractivity contribution in [3.63, 3.8) is 0 Å². The number of rotatable bonds is 4. The van der Waals surface area contributed by atoms with E-state index in [9.17, 15) is 26.4 Å². The molecule has 1 fully saturated rings. The molecule has 0 spiro atoms. The predicted molar refractivity (Wildman–Crippen MR) is 73.9 cm³/mol. The minimum absolute atomic E-state index is 0.292. The molecule has 0 saturated carbocycles. The van der Waals surface area contributed by atoms with Crippen LogP contribution in [-0.2, 0) is 19.0 Å². The van der Waals surface area contributed by atoms with E-state index < -0.39 is 40.0 Å². The van der Waals surface area contributed by atoms with Gasteiger partial charge in [-0.25, -0.2) is 0 Å². The van der Waals surface area contributed by atoms with Gasteiger partial charge in [-0.15, -0.1) is 0 Å². The maximum atomic E-state index is 12.6. The Hall–Kier alpha value is -1.39. The lowest BCUT2D eigenvalue weighted by molar-refractivity contribution is -0.0679. The molecule has 1 aromatic heterocycles. The summed E-state index contributed by atoms with van der Waals surface area (Å²) in [5, 5.41) is 0. The highest BCUT2D eigenvalue weighted by Crippen LogP contribution is 2.40. The molecule has 0 aliphatic carbocycles. The van der Waals surface area contributed by atoms with E-state index in [4.69, 9.17) is 4.74 Å². The van der Waals surface area contributed by atoms with Gasteiger partial charge in [-0.05, 0) is 6.42 Å². The Morgan fingerprint density at radius 3 is 2.35 bits per heavy atom. The molecule has 10 heteroatoms. The van der Waals surface area contributed by atoms with Gasteiger partial charge in [-0.1, -0.05) is 13.8 Å². The molecule has 1 aliphatic rings. The van der Waals surface area contributed by atoms with Gasteiger partial charge in [0.05, 0.1) is 6.10 Å². The van der Waals surface area contributed by atoms with Crippen molar-refractivity contribution in [1.29, 1.82) is 0 Å². The average molecular weight is 355 g/mol. The second-order valence-electron chi connectivity index (χ2n) is 5.27. The van der Waals surface area contributed by atoms with Gasteiger partial charge in [-0.3, -0.25) is 8.98 Å². The number of pyridine rings is 1. The lowest BCUT2D eigenvalue weighted by atomic mass is 9.99. The summed E-state index contributed by atoms with van der Waals surface area (Å²) < 4.78 is 71.7. The minimum Gasteiger partial charge on any atom is -0.352 e. The van der Waals surface area contributed by atoms with Crippen LogP contribution in [0.25, 0.3) is 0 Å². The number of hydrogen-bond donors (Lipinski definition) is 0. The maximum Gasteiger partial charge on any atom is 0.523 e. The molecule has 130 valence electrons. The first-order valence-electron chi connectivity index (χ1n) is 6.89. The minimum atomic E-state index is -5.75. The van der Waals surface area contributed by atoms with Gasteiger partial charge in [0, 0.05) is 30.4 Å². The van der Waals surface area contributed by atoms with Crippen LogP contribution >= 0.6 is 0 Å². The third-order valence-electron chi connectivity index (χ3n) is 3.74.